The van der Waals surface area contributed by atoms with Crippen LogP contribution in [-0.4, -0.2) is 59.3 Å². The molecule has 0 saturated carbocycles. The number of rotatable bonds is 6. The summed E-state index contributed by atoms with van der Waals surface area (Å²) in [6.45, 7) is 3.75. The normalized spacial score (nSPS) is 15.0. The fourth-order valence-electron chi connectivity index (χ4n) is 3.63. The van der Waals surface area contributed by atoms with Gasteiger partial charge in [0.05, 0.1) is 35.1 Å². The summed E-state index contributed by atoms with van der Waals surface area (Å²) in [5.74, 6) is 1.22. The molecule has 0 atom stereocenters. The van der Waals surface area contributed by atoms with Crippen molar-refractivity contribution in [2.45, 2.75) is 11.3 Å². The number of nitrogens with one attached hydrogen (secondary N) is 2. The molecule has 7 nitrogen and oxygen atoms in total. The van der Waals surface area contributed by atoms with Crippen molar-refractivity contribution in [3.63, 3.8) is 0 Å². The zero-order valence-corrected chi connectivity index (χ0v) is 17.5. The number of carbonyl (C=O) groups is 1. The van der Waals surface area contributed by atoms with Crippen LogP contribution in [0.2, 0.25) is 0 Å². The van der Waals surface area contributed by atoms with Crippen molar-refractivity contribution in [2.24, 2.45) is 0 Å². The SMILES string of the molecule is N#CCSc1ccccc1NC(=O)CN1CCCN(c2nc3ccccc3[nH]2)CC1. The van der Waals surface area contributed by atoms with Gasteiger partial charge in [-0.3, -0.25) is 9.69 Å². The number of para-hydroxylation sites is 3. The number of hydrogen-bond donors (Lipinski definition) is 2. The number of nitriles is 1. The molecule has 1 amide bonds. The summed E-state index contributed by atoms with van der Waals surface area (Å²) in [6, 6.07) is 17.8. The Kier molecular flexibility index (Phi) is 6.52. The molecule has 0 spiro atoms. The minimum Gasteiger partial charge on any atom is -0.341 e. The largest absolute Gasteiger partial charge is 0.341 e. The maximum atomic E-state index is 12.6. The third kappa shape index (κ3) is 4.93. The quantitative estimate of drug-likeness (QED) is 0.595. The van der Waals surface area contributed by atoms with Crippen molar-refractivity contribution in [3.05, 3.63) is 48.5 Å². The van der Waals surface area contributed by atoms with Crippen LogP contribution < -0.4 is 10.2 Å². The maximum absolute atomic E-state index is 12.6. The average Bonchev–Trinajstić information content (AvgIpc) is 3.06. The highest BCUT2D eigenvalue weighted by molar-refractivity contribution is 7.99. The highest BCUT2D eigenvalue weighted by Gasteiger charge is 2.19. The number of benzene rings is 2. The second-order valence-corrected chi connectivity index (χ2v) is 8.20. The van der Waals surface area contributed by atoms with Crippen LogP contribution in [0.3, 0.4) is 0 Å². The van der Waals surface area contributed by atoms with Crippen LogP contribution in [0.1, 0.15) is 6.42 Å². The highest BCUT2D eigenvalue weighted by Crippen LogP contribution is 2.26. The first-order chi connectivity index (χ1) is 14.7. The van der Waals surface area contributed by atoms with Crippen molar-refractivity contribution < 1.29 is 4.79 Å². The van der Waals surface area contributed by atoms with Gasteiger partial charge in [0, 0.05) is 31.1 Å². The van der Waals surface area contributed by atoms with Crippen LogP contribution in [0, 0.1) is 11.3 Å². The van der Waals surface area contributed by atoms with Gasteiger partial charge in [0.2, 0.25) is 11.9 Å². The molecule has 30 heavy (non-hydrogen) atoms. The number of hydrogen-bond acceptors (Lipinski definition) is 6. The highest BCUT2D eigenvalue weighted by atomic mass is 32.2. The zero-order valence-electron chi connectivity index (χ0n) is 16.7. The molecule has 1 aliphatic heterocycles. The summed E-state index contributed by atoms with van der Waals surface area (Å²) in [5, 5.41) is 11.8. The van der Waals surface area contributed by atoms with E-state index in [1.54, 1.807) is 0 Å². The Morgan fingerprint density at radius 2 is 1.97 bits per heavy atom. The molecule has 4 rings (SSSR count). The van der Waals surface area contributed by atoms with E-state index < -0.39 is 0 Å². The van der Waals surface area contributed by atoms with Gasteiger partial charge in [0.15, 0.2) is 0 Å². The number of anilines is 2. The van der Waals surface area contributed by atoms with E-state index in [2.05, 4.69) is 26.2 Å². The molecule has 0 aliphatic carbocycles. The Labute approximate surface area is 180 Å². The maximum Gasteiger partial charge on any atom is 0.238 e. The number of thioether (sulfide) groups is 1. The zero-order chi connectivity index (χ0) is 20.8. The van der Waals surface area contributed by atoms with E-state index in [9.17, 15) is 4.79 Å². The molecule has 2 aromatic carbocycles. The van der Waals surface area contributed by atoms with Gasteiger partial charge in [-0.15, -0.1) is 11.8 Å². The standard InChI is InChI=1S/C22H24N6OS/c23-10-15-30-20-9-4-3-8-19(20)24-21(29)16-27-11-5-12-28(14-13-27)22-25-17-6-1-2-7-18(17)26-22/h1-4,6-9H,5,11-16H2,(H,24,29)(H,25,26). The number of nitrogens with zero attached hydrogens (tertiary/aromatic N) is 4. The monoisotopic (exact) mass is 420 g/mol. The second kappa shape index (κ2) is 9.65. The predicted molar refractivity (Wildman–Crippen MR) is 121 cm³/mol. The van der Waals surface area contributed by atoms with E-state index >= 15 is 0 Å². The minimum absolute atomic E-state index is 0.0304. The number of carbonyl (C=O) groups excluding carboxylic acids is 1. The number of H-pyrrole nitrogens is 1. The van der Waals surface area contributed by atoms with Gasteiger partial charge >= 0.3 is 0 Å². The van der Waals surface area contributed by atoms with E-state index in [4.69, 9.17) is 10.2 Å². The first-order valence-corrected chi connectivity index (χ1v) is 11.0. The van der Waals surface area contributed by atoms with E-state index in [0.717, 1.165) is 60.2 Å². The fraction of sp³-hybridized carbons (Fsp3) is 0.318. The molecule has 8 heteroatoms. The van der Waals surface area contributed by atoms with Gasteiger partial charge in [-0.05, 0) is 30.7 Å². The summed E-state index contributed by atoms with van der Waals surface area (Å²) in [5.41, 5.74) is 2.78. The Bertz CT molecular complexity index is 1030. The number of imidazole rings is 1. The predicted octanol–water partition coefficient (Wildman–Crippen LogP) is 3.33. The molecule has 0 unspecified atom stereocenters. The third-order valence-electron chi connectivity index (χ3n) is 5.09. The molecular formula is C22H24N6OS. The lowest BCUT2D eigenvalue weighted by Gasteiger charge is -2.21. The van der Waals surface area contributed by atoms with Crippen LogP contribution in [0.25, 0.3) is 11.0 Å². The van der Waals surface area contributed by atoms with Gasteiger partial charge in [0.1, 0.15) is 0 Å². The molecular weight excluding hydrogens is 396 g/mol. The lowest BCUT2D eigenvalue weighted by molar-refractivity contribution is -0.117. The van der Waals surface area contributed by atoms with Gasteiger partial charge in [0.25, 0.3) is 0 Å². The molecule has 2 heterocycles. The van der Waals surface area contributed by atoms with Gasteiger partial charge in [-0.1, -0.05) is 24.3 Å². The molecule has 0 radical (unpaired) electrons. The summed E-state index contributed by atoms with van der Waals surface area (Å²) in [4.78, 5) is 26.1. The molecule has 1 aromatic heterocycles. The molecule has 1 fully saturated rings. The van der Waals surface area contributed by atoms with Crippen molar-refractivity contribution >= 4 is 40.3 Å². The number of amides is 1. The molecule has 154 valence electrons. The van der Waals surface area contributed by atoms with Crippen LogP contribution in [0.5, 0.6) is 0 Å². The lowest BCUT2D eigenvalue weighted by atomic mass is 10.3. The van der Waals surface area contributed by atoms with E-state index in [1.165, 1.54) is 11.8 Å². The Hall–Kier alpha value is -3.02. The number of aromatic amines is 1. The summed E-state index contributed by atoms with van der Waals surface area (Å²) in [7, 11) is 0. The Balaban J connectivity index is 1.34. The minimum atomic E-state index is -0.0304. The number of fused-ring (bicyclic) bond motifs is 1. The fourth-order valence-corrected chi connectivity index (χ4v) is 4.30. The first kappa shape index (κ1) is 20.3. The Morgan fingerprint density at radius 1 is 1.13 bits per heavy atom. The molecule has 3 aromatic rings. The summed E-state index contributed by atoms with van der Waals surface area (Å²) >= 11 is 1.43. The molecule has 2 N–H and O–H groups in total. The molecule has 1 aliphatic rings. The van der Waals surface area contributed by atoms with Crippen LogP contribution >= 0.6 is 11.8 Å². The first-order valence-electron chi connectivity index (χ1n) is 10.0. The van der Waals surface area contributed by atoms with Crippen molar-refractivity contribution in [1.29, 1.82) is 5.26 Å². The van der Waals surface area contributed by atoms with Gasteiger partial charge in [-0.25, -0.2) is 4.98 Å². The van der Waals surface area contributed by atoms with E-state index in [-0.39, 0.29) is 5.91 Å². The number of aromatic nitrogens is 2. The third-order valence-corrected chi connectivity index (χ3v) is 6.03. The van der Waals surface area contributed by atoms with E-state index in [0.29, 0.717) is 12.3 Å². The summed E-state index contributed by atoms with van der Waals surface area (Å²) < 4.78 is 0. The van der Waals surface area contributed by atoms with Crippen molar-refractivity contribution in [2.75, 3.05) is 48.7 Å². The van der Waals surface area contributed by atoms with Gasteiger partial charge < -0.3 is 15.2 Å². The van der Waals surface area contributed by atoms with Crippen LogP contribution in [-0.2, 0) is 4.79 Å². The molecule has 0 bridgehead atoms. The van der Waals surface area contributed by atoms with Gasteiger partial charge in [-0.2, -0.15) is 5.26 Å². The summed E-state index contributed by atoms with van der Waals surface area (Å²) in [6.07, 6.45) is 0.971. The molecule has 1 saturated heterocycles. The average molecular weight is 421 g/mol. The topological polar surface area (TPSA) is 88.1 Å². The Morgan fingerprint density at radius 3 is 2.83 bits per heavy atom. The van der Waals surface area contributed by atoms with Crippen molar-refractivity contribution in [1.82, 2.24) is 14.9 Å². The van der Waals surface area contributed by atoms with Crippen LogP contribution in [0.15, 0.2) is 53.4 Å². The lowest BCUT2D eigenvalue weighted by Crippen LogP contribution is -2.36. The van der Waals surface area contributed by atoms with Crippen LogP contribution in [0.4, 0.5) is 11.6 Å². The van der Waals surface area contributed by atoms with E-state index in [1.807, 2.05) is 48.5 Å². The smallest absolute Gasteiger partial charge is 0.238 e. The van der Waals surface area contributed by atoms with Crippen molar-refractivity contribution in [3.8, 4) is 6.07 Å². The second-order valence-electron chi connectivity index (χ2n) is 7.19.